The topological polar surface area (TPSA) is 112 Å². The van der Waals surface area contributed by atoms with Gasteiger partial charge in [-0.1, -0.05) is 12.1 Å². The molecule has 0 unspecified atom stereocenters. The Morgan fingerprint density at radius 1 is 0.545 bits per heavy atom. The molecule has 0 radical (unpaired) electrons. The lowest BCUT2D eigenvalue weighted by atomic mass is 10.2. The average molecular weight is 621 g/mol. The van der Waals surface area contributed by atoms with Gasteiger partial charge in [0.25, 0.3) is 0 Å². The van der Waals surface area contributed by atoms with Gasteiger partial charge in [-0.15, -0.1) is 0 Å². The van der Waals surface area contributed by atoms with Crippen LogP contribution < -0.4 is 0 Å². The summed E-state index contributed by atoms with van der Waals surface area (Å²) in [7, 11) is 0. The third-order valence-corrected chi connectivity index (χ3v) is 6.59. The maximum atomic E-state index is 12.8. The number of hydrogen-bond donors (Lipinski definition) is 1. The molecule has 0 aliphatic carbocycles. The third kappa shape index (κ3) is 16.9. The van der Waals surface area contributed by atoms with Crippen molar-refractivity contribution in [2.75, 3.05) is 72.0 Å². The van der Waals surface area contributed by atoms with Crippen LogP contribution in [-0.2, 0) is 35.1 Å². The van der Waals surface area contributed by atoms with Crippen molar-refractivity contribution in [2.45, 2.75) is 85.7 Å². The number of carbonyl (C=O) groups excluding carboxylic acids is 3. The molecular weight excluding hydrogens is 564 g/mol. The SMILES string of the molecule is CC(C)(C)OC(=O)CN1CCN(CC(=O)OC(C)(C)C)CCN(Cc2ccc(O)cc2)CCN(CC(=O)OC(C)(C)C)CC1. The number of hydrogen-bond acceptors (Lipinski definition) is 11. The van der Waals surface area contributed by atoms with Crippen molar-refractivity contribution >= 4 is 17.9 Å². The molecule has 0 bridgehead atoms. The van der Waals surface area contributed by atoms with E-state index in [4.69, 9.17) is 14.2 Å². The van der Waals surface area contributed by atoms with E-state index in [0.29, 0.717) is 58.9 Å². The van der Waals surface area contributed by atoms with E-state index >= 15 is 0 Å². The Kier molecular flexibility index (Phi) is 14.1. The van der Waals surface area contributed by atoms with E-state index < -0.39 is 16.8 Å². The molecule has 2 rings (SSSR count). The highest BCUT2D eigenvalue weighted by Crippen LogP contribution is 2.14. The second-order valence-corrected chi connectivity index (χ2v) is 14.5. The predicted molar refractivity (Wildman–Crippen MR) is 170 cm³/mol. The van der Waals surface area contributed by atoms with Crippen LogP contribution in [0.1, 0.15) is 67.9 Å². The highest BCUT2D eigenvalue weighted by Gasteiger charge is 2.25. The summed E-state index contributed by atoms with van der Waals surface area (Å²) in [5.74, 6) is -0.693. The fourth-order valence-corrected chi connectivity index (χ4v) is 4.74. The first-order valence-corrected chi connectivity index (χ1v) is 15.6. The van der Waals surface area contributed by atoms with Crippen molar-refractivity contribution in [2.24, 2.45) is 0 Å². The molecule has 1 aromatic rings. The molecule has 1 fully saturated rings. The van der Waals surface area contributed by atoms with Crippen molar-refractivity contribution in [3.05, 3.63) is 29.8 Å². The summed E-state index contributed by atoms with van der Waals surface area (Å²) in [5.41, 5.74) is -0.726. The van der Waals surface area contributed by atoms with Crippen LogP contribution in [0.5, 0.6) is 5.75 Å². The van der Waals surface area contributed by atoms with Crippen molar-refractivity contribution in [3.8, 4) is 5.75 Å². The number of carbonyl (C=O) groups is 3. The first-order chi connectivity index (χ1) is 20.3. The van der Waals surface area contributed by atoms with Crippen molar-refractivity contribution in [1.29, 1.82) is 0 Å². The van der Waals surface area contributed by atoms with E-state index in [1.807, 2.05) is 79.3 Å². The van der Waals surface area contributed by atoms with Gasteiger partial charge in [0.1, 0.15) is 22.6 Å². The van der Waals surface area contributed by atoms with Gasteiger partial charge in [0, 0.05) is 58.9 Å². The van der Waals surface area contributed by atoms with Crippen molar-refractivity contribution < 1.29 is 33.7 Å². The minimum atomic E-state index is -0.601. The van der Waals surface area contributed by atoms with Crippen LogP contribution in [0, 0.1) is 0 Å². The highest BCUT2D eigenvalue weighted by molar-refractivity contribution is 5.73. The Bertz CT molecular complexity index is 1010. The molecule has 1 heterocycles. The zero-order valence-electron chi connectivity index (χ0n) is 28.5. The maximum absolute atomic E-state index is 12.8. The number of phenolic OH excluding ortho intramolecular Hbond substituents is 1. The van der Waals surface area contributed by atoms with Crippen LogP contribution in [0.2, 0.25) is 0 Å². The molecular formula is C33H56N4O7. The number of benzene rings is 1. The molecule has 1 aliphatic rings. The Labute approximate surface area is 264 Å². The molecule has 0 atom stereocenters. The lowest BCUT2D eigenvalue weighted by Crippen LogP contribution is -2.49. The minimum absolute atomic E-state index is 0.102. The van der Waals surface area contributed by atoms with Crippen molar-refractivity contribution in [3.63, 3.8) is 0 Å². The average Bonchev–Trinajstić information content (AvgIpc) is 2.83. The van der Waals surface area contributed by atoms with E-state index in [-0.39, 0.29) is 43.3 Å². The molecule has 250 valence electrons. The molecule has 1 saturated heterocycles. The number of rotatable bonds is 8. The normalized spacial score (nSPS) is 17.8. The van der Waals surface area contributed by atoms with E-state index in [9.17, 15) is 19.5 Å². The summed E-state index contributed by atoms with van der Waals surface area (Å²) in [6.07, 6.45) is 0. The Morgan fingerprint density at radius 3 is 1.09 bits per heavy atom. The van der Waals surface area contributed by atoms with E-state index in [2.05, 4.69) is 14.7 Å². The maximum Gasteiger partial charge on any atom is 0.320 e. The summed E-state index contributed by atoms with van der Waals surface area (Å²) in [4.78, 5) is 46.9. The van der Waals surface area contributed by atoms with Crippen LogP contribution in [-0.4, -0.2) is 131 Å². The molecule has 0 saturated carbocycles. The molecule has 11 nitrogen and oxygen atoms in total. The van der Waals surface area contributed by atoms with Gasteiger partial charge in [-0.25, -0.2) is 0 Å². The lowest BCUT2D eigenvalue weighted by molar-refractivity contribution is -0.158. The zero-order valence-corrected chi connectivity index (χ0v) is 28.5. The fourth-order valence-electron chi connectivity index (χ4n) is 4.74. The highest BCUT2D eigenvalue weighted by atomic mass is 16.6. The molecule has 0 aromatic heterocycles. The van der Waals surface area contributed by atoms with E-state index in [0.717, 1.165) is 5.56 Å². The second kappa shape index (κ2) is 16.5. The van der Waals surface area contributed by atoms with Crippen LogP contribution in [0.25, 0.3) is 0 Å². The summed E-state index contributed by atoms with van der Waals surface area (Å²) in [6.45, 7) is 22.3. The van der Waals surface area contributed by atoms with Gasteiger partial charge in [-0.3, -0.25) is 34.0 Å². The van der Waals surface area contributed by atoms with Gasteiger partial charge in [-0.2, -0.15) is 0 Å². The zero-order chi connectivity index (χ0) is 33.1. The minimum Gasteiger partial charge on any atom is -0.508 e. The van der Waals surface area contributed by atoms with Crippen LogP contribution in [0.4, 0.5) is 0 Å². The molecule has 1 N–H and O–H groups in total. The molecule has 0 amide bonds. The van der Waals surface area contributed by atoms with Gasteiger partial charge in [-0.05, 0) is 80.0 Å². The van der Waals surface area contributed by atoms with Crippen molar-refractivity contribution in [1.82, 2.24) is 19.6 Å². The van der Waals surface area contributed by atoms with Gasteiger partial charge < -0.3 is 19.3 Å². The summed E-state index contributed by atoms with van der Waals surface area (Å²) in [6, 6.07) is 7.15. The fraction of sp³-hybridized carbons (Fsp3) is 0.727. The van der Waals surface area contributed by atoms with E-state index in [1.165, 1.54) is 0 Å². The van der Waals surface area contributed by atoms with E-state index in [1.54, 1.807) is 12.1 Å². The number of nitrogens with zero attached hydrogens (tertiary/aromatic N) is 4. The number of aromatic hydroxyl groups is 1. The van der Waals surface area contributed by atoms with Crippen LogP contribution in [0.15, 0.2) is 24.3 Å². The molecule has 11 heteroatoms. The predicted octanol–water partition coefficient (Wildman–Crippen LogP) is 3.14. The Balaban J connectivity index is 2.29. The number of ether oxygens (including phenoxy) is 3. The molecule has 1 aliphatic heterocycles. The molecule has 0 spiro atoms. The Hall–Kier alpha value is -2.73. The largest absolute Gasteiger partial charge is 0.508 e. The first kappa shape index (κ1) is 37.5. The summed E-state index contributed by atoms with van der Waals surface area (Å²) < 4.78 is 16.9. The molecule has 1 aromatic carbocycles. The number of esters is 3. The smallest absolute Gasteiger partial charge is 0.320 e. The standard InChI is InChI=1S/C33H56N4O7/c1-31(2,3)42-28(39)23-35-16-14-34(22-26-10-12-27(38)13-11-26)15-17-36(24-29(40)43-32(4,5)6)19-21-37(20-18-35)25-30(41)44-33(7,8)9/h10-13,38H,14-25H2,1-9H3. The monoisotopic (exact) mass is 620 g/mol. The van der Waals surface area contributed by atoms with Crippen LogP contribution in [0.3, 0.4) is 0 Å². The first-order valence-electron chi connectivity index (χ1n) is 15.6. The van der Waals surface area contributed by atoms with Gasteiger partial charge >= 0.3 is 17.9 Å². The second-order valence-electron chi connectivity index (χ2n) is 14.5. The molecule has 44 heavy (non-hydrogen) atoms. The lowest BCUT2D eigenvalue weighted by Gasteiger charge is -2.34. The van der Waals surface area contributed by atoms with Crippen LogP contribution >= 0.6 is 0 Å². The van der Waals surface area contributed by atoms with Gasteiger partial charge in [0.05, 0.1) is 19.6 Å². The summed E-state index contributed by atoms with van der Waals surface area (Å²) in [5, 5.41) is 9.75. The van der Waals surface area contributed by atoms with Gasteiger partial charge in [0.2, 0.25) is 0 Å². The third-order valence-electron chi connectivity index (χ3n) is 6.59. The summed E-state index contributed by atoms with van der Waals surface area (Å²) >= 11 is 0. The van der Waals surface area contributed by atoms with Gasteiger partial charge in [0.15, 0.2) is 0 Å². The quantitative estimate of drug-likeness (QED) is 0.342. The Morgan fingerprint density at radius 2 is 0.818 bits per heavy atom. The number of phenols is 1.